The molecule has 1 unspecified atom stereocenters. The van der Waals surface area contributed by atoms with Gasteiger partial charge in [0.05, 0.1) is 18.6 Å². The van der Waals surface area contributed by atoms with E-state index in [9.17, 15) is 5.11 Å². The van der Waals surface area contributed by atoms with Gasteiger partial charge >= 0.3 is 0 Å². The fraction of sp³-hybridized carbons (Fsp3) is 0.636. The smallest absolute Gasteiger partial charge is 0.0960 e. The highest BCUT2D eigenvalue weighted by atomic mass is 16.3. The number of aliphatic hydroxyl groups excluding tert-OH is 1. The lowest BCUT2D eigenvalue weighted by Gasteiger charge is -2.29. The van der Waals surface area contributed by atoms with E-state index in [0.717, 1.165) is 18.4 Å². The van der Waals surface area contributed by atoms with Crippen LogP contribution in [0, 0.1) is 5.41 Å². The Bertz CT molecular complexity index is 258. The second-order valence-corrected chi connectivity index (χ2v) is 4.32. The quantitative estimate of drug-likeness (QED) is 0.759. The minimum absolute atomic E-state index is 0.0733. The van der Waals surface area contributed by atoms with Crippen molar-refractivity contribution in [3.63, 3.8) is 0 Å². The van der Waals surface area contributed by atoms with E-state index < -0.39 is 0 Å². The highest BCUT2D eigenvalue weighted by Crippen LogP contribution is 2.47. The van der Waals surface area contributed by atoms with E-state index in [2.05, 4.69) is 6.92 Å². The fourth-order valence-corrected chi connectivity index (χ4v) is 2.29. The van der Waals surface area contributed by atoms with Crippen LogP contribution in [-0.2, 0) is 0 Å². The van der Waals surface area contributed by atoms with Crippen molar-refractivity contribution in [2.24, 2.45) is 5.41 Å². The fourth-order valence-electron chi connectivity index (χ4n) is 2.29. The van der Waals surface area contributed by atoms with Gasteiger partial charge in [-0.1, -0.05) is 19.8 Å². The van der Waals surface area contributed by atoms with Crippen molar-refractivity contribution in [1.29, 1.82) is 0 Å². The predicted molar refractivity (Wildman–Crippen MR) is 50.2 cm³/mol. The zero-order valence-corrected chi connectivity index (χ0v) is 7.99. The molecule has 1 saturated carbocycles. The van der Waals surface area contributed by atoms with E-state index in [0.29, 0.717) is 0 Å². The second-order valence-electron chi connectivity index (χ2n) is 4.32. The molecule has 1 aliphatic rings. The zero-order chi connectivity index (χ0) is 9.31. The molecular weight excluding hydrogens is 164 g/mol. The van der Waals surface area contributed by atoms with Crippen LogP contribution >= 0.6 is 0 Å². The van der Waals surface area contributed by atoms with Crippen LogP contribution in [0.15, 0.2) is 23.0 Å². The number of hydrogen-bond acceptors (Lipinski definition) is 2. The van der Waals surface area contributed by atoms with Gasteiger partial charge in [-0.25, -0.2) is 0 Å². The molecule has 13 heavy (non-hydrogen) atoms. The topological polar surface area (TPSA) is 33.4 Å². The van der Waals surface area contributed by atoms with E-state index in [4.69, 9.17) is 4.42 Å². The molecule has 72 valence electrons. The van der Waals surface area contributed by atoms with E-state index in [1.54, 1.807) is 12.5 Å². The molecule has 0 saturated heterocycles. The molecule has 1 aromatic rings. The Morgan fingerprint density at radius 3 is 2.69 bits per heavy atom. The first-order chi connectivity index (χ1) is 6.22. The third kappa shape index (κ3) is 1.51. The van der Waals surface area contributed by atoms with Gasteiger partial charge in [0.25, 0.3) is 0 Å². The SMILES string of the molecule is CC1(C(O)c2ccoc2)CCCC1. The molecule has 0 aromatic carbocycles. The largest absolute Gasteiger partial charge is 0.472 e. The number of rotatable bonds is 2. The van der Waals surface area contributed by atoms with Crippen LogP contribution < -0.4 is 0 Å². The highest BCUT2D eigenvalue weighted by molar-refractivity contribution is 5.13. The Labute approximate surface area is 78.6 Å². The molecule has 0 bridgehead atoms. The first kappa shape index (κ1) is 8.82. The number of hydrogen-bond donors (Lipinski definition) is 1. The van der Waals surface area contributed by atoms with Crippen LogP contribution in [0.1, 0.15) is 44.3 Å². The maximum Gasteiger partial charge on any atom is 0.0960 e. The molecule has 0 amide bonds. The molecule has 2 rings (SSSR count). The summed E-state index contributed by atoms with van der Waals surface area (Å²) in [6.07, 6.45) is 7.65. The molecule has 2 heteroatoms. The maximum atomic E-state index is 10.1. The van der Waals surface area contributed by atoms with Gasteiger partial charge in [-0.2, -0.15) is 0 Å². The average Bonchev–Trinajstić information content (AvgIpc) is 2.73. The average molecular weight is 180 g/mol. The van der Waals surface area contributed by atoms with Crippen LogP contribution in [-0.4, -0.2) is 5.11 Å². The lowest BCUT2D eigenvalue weighted by atomic mass is 9.80. The van der Waals surface area contributed by atoms with Crippen LogP contribution in [0.4, 0.5) is 0 Å². The van der Waals surface area contributed by atoms with Gasteiger partial charge in [-0.15, -0.1) is 0 Å². The summed E-state index contributed by atoms with van der Waals surface area (Å²) in [6.45, 7) is 2.16. The Morgan fingerprint density at radius 2 is 2.15 bits per heavy atom. The van der Waals surface area contributed by atoms with Crippen molar-refractivity contribution in [3.05, 3.63) is 24.2 Å². The molecule has 1 aromatic heterocycles. The summed E-state index contributed by atoms with van der Waals surface area (Å²) in [4.78, 5) is 0. The van der Waals surface area contributed by atoms with E-state index in [-0.39, 0.29) is 11.5 Å². The van der Waals surface area contributed by atoms with Crippen LogP contribution in [0.25, 0.3) is 0 Å². The van der Waals surface area contributed by atoms with Crippen molar-refractivity contribution in [2.45, 2.75) is 38.7 Å². The lowest BCUT2D eigenvalue weighted by Crippen LogP contribution is -2.21. The van der Waals surface area contributed by atoms with Crippen LogP contribution in [0.3, 0.4) is 0 Å². The maximum absolute atomic E-state index is 10.1. The van der Waals surface area contributed by atoms with Gasteiger partial charge in [0, 0.05) is 5.56 Å². The Kier molecular flexibility index (Phi) is 2.16. The summed E-state index contributed by atoms with van der Waals surface area (Å²) < 4.78 is 4.98. The van der Waals surface area contributed by atoms with Gasteiger partial charge in [0.2, 0.25) is 0 Å². The molecule has 0 radical (unpaired) electrons. The Balaban J connectivity index is 2.16. The highest BCUT2D eigenvalue weighted by Gasteiger charge is 2.37. The molecular formula is C11H16O2. The summed E-state index contributed by atoms with van der Waals surface area (Å²) in [5.41, 5.74) is 0.994. The second kappa shape index (κ2) is 3.18. The lowest BCUT2D eigenvalue weighted by molar-refractivity contribution is 0.0403. The third-order valence-corrected chi connectivity index (χ3v) is 3.26. The number of furan rings is 1. The summed E-state index contributed by atoms with van der Waals surface area (Å²) >= 11 is 0. The standard InChI is InChI=1S/C11H16O2/c1-11(5-2-3-6-11)10(12)9-4-7-13-8-9/h4,7-8,10,12H,2-3,5-6H2,1H3. The molecule has 0 spiro atoms. The van der Waals surface area contributed by atoms with E-state index >= 15 is 0 Å². The summed E-state index contributed by atoms with van der Waals surface area (Å²) in [6, 6.07) is 1.86. The minimum atomic E-state index is -0.353. The van der Waals surface area contributed by atoms with Gasteiger partial charge in [-0.05, 0) is 24.3 Å². The third-order valence-electron chi connectivity index (χ3n) is 3.26. The molecule has 0 aliphatic heterocycles. The molecule has 1 aliphatic carbocycles. The van der Waals surface area contributed by atoms with Crippen LogP contribution in [0.2, 0.25) is 0 Å². The molecule has 1 fully saturated rings. The molecule has 1 atom stereocenters. The molecule has 1 heterocycles. The minimum Gasteiger partial charge on any atom is -0.472 e. The molecule has 1 N–H and O–H groups in total. The van der Waals surface area contributed by atoms with Crippen molar-refractivity contribution >= 4 is 0 Å². The van der Waals surface area contributed by atoms with Crippen molar-refractivity contribution in [1.82, 2.24) is 0 Å². The van der Waals surface area contributed by atoms with Gasteiger partial charge in [0.15, 0.2) is 0 Å². The van der Waals surface area contributed by atoms with Crippen molar-refractivity contribution in [2.75, 3.05) is 0 Å². The normalized spacial score (nSPS) is 23.2. The van der Waals surface area contributed by atoms with E-state index in [1.807, 2.05) is 6.07 Å². The Morgan fingerprint density at radius 1 is 1.46 bits per heavy atom. The predicted octanol–water partition coefficient (Wildman–Crippen LogP) is 2.89. The van der Waals surface area contributed by atoms with E-state index in [1.165, 1.54) is 12.8 Å². The summed E-state index contributed by atoms with van der Waals surface area (Å²) in [5, 5.41) is 10.1. The Hall–Kier alpha value is -0.760. The first-order valence-corrected chi connectivity index (χ1v) is 4.92. The van der Waals surface area contributed by atoms with Gasteiger partial charge < -0.3 is 9.52 Å². The monoisotopic (exact) mass is 180 g/mol. The van der Waals surface area contributed by atoms with Crippen molar-refractivity contribution in [3.8, 4) is 0 Å². The zero-order valence-electron chi connectivity index (χ0n) is 7.99. The first-order valence-electron chi connectivity index (χ1n) is 4.92. The summed E-state index contributed by atoms with van der Waals surface area (Å²) in [5.74, 6) is 0. The van der Waals surface area contributed by atoms with Gasteiger partial charge in [-0.3, -0.25) is 0 Å². The number of aliphatic hydroxyl groups is 1. The molecule has 2 nitrogen and oxygen atoms in total. The van der Waals surface area contributed by atoms with Crippen molar-refractivity contribution < 1.29 is 9.52 Å². The van der Waals surface area contributed by atoms with Crippen LogP contribution in [0.5, 0.6) is 0 Å². The summed E-state index contributed by atoms with van der Waals surface area (Å²) in [7, 11) is 0. The van der Waals surface area contributed by atoms with Gasteiger partial charge in [0.1, 0.15) is 0 Å².